The Bertz CT molecular complexity index is 706. The van der Waals surface area contributed by atoms with E-state index in [0.717, 1.165) is 0 Å². The van der Waals surface area contributed by atoms with Crippen LogP contribution in [0.25, 0.3) is 0 Å². The van der Waals surface area contributed by atoms with Crippen molar-refractivity contribution in [3.63, 3.8) is 0 Å². The molecule has 2 aromatic rings. The van der Waals surface area contributed by atoms with Crippen LogP contribution in [0.3, 0.4) is 0 Å². The van der Waals surface area contributed by atoms with Crippen LogP contribution in [0.1, 0.15) is 46.0 Å². The number of rotatable bonds is 5. The summed E-state index contributed by atoms with van der Waals surface area (Å²) in [4.78, 5) is 22.7. The Labute approximate surface area is 138 Å². The lowest BCUT2D eigenvalue weighted by Gasteiger charge is -2.11. The van der Waals surface area contributed by atoms with E-state index in [4.69, 9.17) is 27.9 Å². The van der Waals surface area contributed by atoms with E-state index in [-0.39, 0.29) is 16.9 Å². The Morgan fingerprint density at radius 3 is 2.09 bits per heavy atom. The monoisotopic (exact) mass is 336 g/mol. The van der Waals surface area contributed by atoms with Gasteiger partial charge < -0.3 is 4.74 Å². The summed E-state index contributed by atoms with van der Waals surface area (Å²) < 4.78 is 5.68. The van der Waals surface area contributed by atoms with Gasteiger partial charge >= 0.3 is 0 Å². The van der Waals surface area contributed by atoms with Gasteiger partial charge in [0, 0.05) is 5.56 Å². The molecule has 0 fully saturated rings. The quantitative estimate of drug-likeness (QED) is 0.690. The SMILES string of the molecule is CC(C)c1ccc(Oc2cc(C(=O)Cl)ccc2C(=O)Cl)cc1. The molecule has 0 amide bonds. The highest BCUT2D eigenvalue weighted by Crippen LogP contribution is 2.29. The van der Waals surface area contributed by atoms with Gasteiger partial charge in [0.15, 0.2) is 0 Å². The zero-order chi connectivity index (χ0) is 16.3. The first-order valence-electron chi connectivity index (χ1n) is 6.70. The average molecular weight is 337 g/mol. The molecule has 0 aromatic heterocycles. The van der Waals surface area contributed by atoms with Gasteiger partial charge in [-0.3, -0.25) is 9.59 Å². The van der Waals surface area contributed by atoms with E-state index in [9.17, 15) is 9.59 Å². The Balaban J connectivity index is 2.36. The minimum Gasteiger partial charge on any atom is -0.457 e. The number of hydrogen-bond donors (Lipinski definition) is 0. The molecule has 0 heterocycles. The Hall–Kier alpha value is -1.84. The smallest absolute Gasteiger partial charge is 0.256 e. The van der Waals surface area contributed by atoms with Gasteiger partial charge in [0.2, 0.25) is 0 Å². The molecule has 114 valence electrons. The van der Waals surface area contributed by atoms with Crippen LogP contribution in [-0.2, 0) is 0 Å². The van der Waals surface area contributed by atoms with Crippen LogP contribution in [0.4, 0.5) is 0 Å². The van der Waals surface area contributed by atoms with Crippen molar-refractivity contribution < 1.29 is 14.3 Å². The van der Waals surface area contributed by atoms with Crippen molar-refractivity contribution in [3.05, 3.63) is 59.2 Å². The van der Waals surface area contributed by atoms with Crippen LogP contribution in [0.2, 0.25) is 0 Å². The number of hydrogen-bond acceptors (Lipinski definition) is 3. The van der Waals surface area contributed by atoms with E-state index < -0.39 is 10.5 Å². The highest BCUT2D eigenvalue weighted by Gasteiger charge is 2.14. The molecule has 0 aliphatic rings. The van der Waals surface area contributed by atoms with Crippen molar-refractivity contribution in [1.82, 2.24) is 0 Å². The second-order valence-electron chi connectivity index (χ2n) is 5.08. The molecule has 0 spiro atoms. The maximum absolute atomic E-state index is 11.4. The molecule has 0 bridgehead atoms. The van der Waals surface area contributed by atoms with E-state index in [1.807, 2.05) is 12.1 Å². The second kappa shape index (κ2) is 6.95. The maximum atomic E-state index is 11.4. The van der Waals surface area contributed by atoms with Gasteiger partial charge in [0.05, 0.1) is 5.56 Å². The van der Waals surface area contributed by atoms with Crippen molar-refractivity contribution in [3.8, 4) is 11.5 Å². The molecular weight excluding hydrogens is 323 g/mol. The lowest BCUT2D eigenvalue weighted by molar-refractivity contribution is 0.106. The fourth-order valence-corrected chi connectivity index (χ4v) is 2.21. The number of halogens is 2. The number of carbonyl (C=O) groups excluding carboxylic acids is 2. The normalized spacial score (nSPS) is 10.6. The first kappa shape index (κ1) is 16.5. The van der Waals surface area contributed by atoms with Gasteiger partial charge in [-0.1, -0.05) is 26.0 Å². The number of carbonyl (C=O) groups is 2. The summed E-state index contributed by atoms with van der Waals surface area (Å²) in [6.07, 6.45) is 0. The summed E-state index contributed by atoms with van der Waals surface area (Å²) in [7, 11) is 0. The zero-order valence-electron chi connectivity index (χ0n) is 12.1. The fourth-order valence-electron chi connectivity index (χ4n) is 1.94. The van der Waals surface area contributed by atoms with Crippen LogP contribution in [0, 0.1) is 0 Å². The summed E-state index contributed by atoms with van der Waals surface area (Å²) in [5.41, 5.74) is 1.58. The molecule has 0 radical (unpaired) electrons. The molecule has 0 aliphatic carbocycles. The van der Waals surface area contributed by atoms with Gasteiger partial charge in [-0.2, -0.15) is 0 Å². The largest absolute Gasteiger partial charge is 0.457 e. The number of benzene rings is 2. The van der Waals surface area contributed by atoms with Crippen molar-refractivity contribution in [2.45, 2.75) is 19.8 Å². The topological polar surface area (TPSA) is 43.4 Å². The first-order valence-corrected chi connectivity index (χ1v) is 7.45. The zero-order valence-corrected chi connectivity index (χ0v) is 13.6. The van der Waals surface area contributed by atoms with Crippen molar-refractivity contribution in [2.24, 2.45) is 0 Å². The minimum absolute atomic E-state index is 0.177. The van der Waals surface area contributed by atoms with Gasteiger partial charge in [-0.05, 0) is 65.0 Å². The van der Waals surface area contributed by atoms with E-state index in [1.165, 1.54) is 23.8 Å². The predicted molar refractivity (Wildman–Crippen MR) is 87.4 cm³/mol. The molecule has 0 aliphatic heterocycles. The summed E-state index contributed by atoms with van der Waals surface area (Å²) in [6, 6.07) is 11.7. The van der Waals surface area contributed by atoms with Gasteiger partial charge in [-0.15, -0.1) is 0 Å². The van der Waals surface area contributed by atoms with Crippen LogP contribution in [-0.4, -0.2) is 10.5 Å². The summed E-state index contributed by atoms with van der Waals surface area (Å²) in [6.45, 7) is 4.19. The van der Waals surface area contributed by atoms with Crippen molar-refractivity contribution >= 4 is 33.7 Å². The van der Waals surface area contributed by atoms with Crippen LogP contribution in [0.5, 0.6) is 11.5 Å². The Kier molecular flexibility index (Phi) is 5.22. The molecule has 0 unspecified atom stereocenters. The summed E-state index contributed by atoms with van der Waals surface area (Å²) in [5, 5.41) is -1.30. The van der Waals surface area contributed by atoms with Crippen molar-refractivity contribution in [1.29, 1.82) is 0 Å². The van der Waals surface area contributed by atoms with Crippen LogP contribution >= 0.6 is 23.2 Å². The lowest BCUT2D eigenvalue weighted by atomic mass is 10.0. The maximum Gasteiger partial charge on any atom is 0.256 e. The molecule has 2 rings (SSSR count). The molecule has 0 saturated heterocycles. The number of ether oxygens (including phenoxy) is 1. The van der Waals surface area contributed by atoms with Gasteiger partial charge in [0.25, 0.3) is 10.5 Å². The standard InChI is InChI=1S/C17H14Cl2O3/c1-10(2)11-3-6-13(7-4-11)22-15-9-12(16(18)20)5-8-14(15)17(19)21/h3-10H,1-2H3. The third-order valence-electron chi connectivity index (χ3n) is 3.19. The minimum atomic E-state index is -0.664. The van der Waals surface area contributed by atoms with E-state index in [2.05, 4.69) is 13.8 Å². The summed E-state index contributed by atoms with van der Waals surface area (Å²) in [5.74, 6) is 1.15. The van der Waals surface area contributed by atoms with Crippen LogP contribution in [0.15, 0.2) is 42.5 Å². The molecule has 0 N–H and O–H groups in total. The molecule has 5 heteroatoms. The molecular formula is C17H14Cl2O3. The molecule has 2 aromatic carbocycles. The van der Waals surface area contributed by atoms with Crippen LogP contribution < -0.4 is 4.74 Å². The Morgan fingerprint density at radius 2 is 1.59 bits per heavy atom. The van der Waals surface area contributed by atoms with Crippen molar-refractivity contribution in [2.75, 3.05) is 0 Å². The average Bonchev–Trinajstić information content (AvgIpc) is 2.47. The second-order valence-corrected chi connectivity index (χ2v) is 5.77. The van der Waals surface area contributed by atoms with E-state index in [1.54, 1.807) is 12.1 Å². The highest BCUT2D eigenvalue weighted by atomic mass is 35.5. The molecule has 0 saturated carbocycles. The van der Waals surface area contributed by atoms with Gasteiger partial charge in [0.1, 0.15) is 11.5 Å². The third kappa shape index (κ3) is 3.87. The Morgan fingerprint density at radius 1 is 0.955 bits per heavy atom. The first-order chi connectivity index (χ1) is 10.4. The fraction of sp³-hybridized carbons (Fsp3) is 0.176. The summed E-state index contributed by atoms with van der Waals surface area (Å²) >= 11 is 11.0. The highest BCUT2D eigenvalue weighted by molar-refractivity contribution is 6.68. The van der Waals surface area contributed by atoms with E-state index in [0.29, 0.717) is 11.7 Å². The predicted octanol–water partition coefficient (Wildman–Crippen LogP) is 5.36. The molecule has 0 atom stereocenters. The lowest BCUT2D eigenvalue weighted by Crippen LogP contribution is -1.98. The van der Waals surface area contributed by atoms with E-state index >= 15 is 0 Å². The third-order valence-corrected chi connectivity index (χ3v) is 3.62. The van der Waals surface area contributed by atoms with Gasteiger partial charge in [-0.25, -0.2) is 0 Å². The molecule has 3 nitrogen and oxygen atoms in total. The molecule has 22 heavy (non-hydrogen) atoms.